The van der Waals surface area contributed by atoms with Gasteiger partial charge in [-0.05, 0) is 24.8 Å². The van der Waals surface area contributed by atoms with Crippen LogP contribution in [0, 0.1) is 22.7 Å². The summed E-state index contributed by atoms with van der Waals surface area (Å²) in [4.78, 5) is 31.2. The number of urea groups is 1. The van der Waals surface area contributed by atoms with Gasteiger partial charge in [-0.3, -0.25) is 9.69 Å². The number of hydrogen-bond donors (Lipinski definition) is 1. The molecule has 3 rings (SSSR count). The molecule has 2 fully saturated rings. The van der Waals surface area contributed by atoms with Gasteiger partial charge in [-0.2, -0.15) is 10.5 Å². The summed E-state index contributed by atoms with van der Waals surface area (Å²) in [6.07, 6.45) is 1.68. The topological polar surface area (TPSA) is 113 Å². The van der Waals surface area contributed by atoms with Gasteiger partial charge in [-0.25, -0.2) is 9.78 Å². The zero-order valence-corrected chi connectivity index (χ0v) is 15.0. The Morgan fingerprint density at radius 2 is 1.88 bits per heavy atom. The second kappa shape index (κ2) is 7.19. The van der Waals surface area contributed by atoms with Crippen molar-refractivity contribution >= 4 is 29.4 Å². The molecule has 0 bridgehead atoms. The highest BCUT2D eigenvalue weighted by Gasteiger charge is 2.37. The standard InChI is InChI=1S/C17H17ClN6O2/c1-2-11-12(7-19)15(18)22-16(13(11)8-20)23-5-3-10(4-6-23)24-14(25)9-21-17(24)26/h10H,2-6,9H2,1H3,(H,21,26). The van der Waals surface area contributed by atoms with E-state index < -0.39 is 0 Å². The van der Waals surface area contributed by atoms with Crippen LogP contribution in [0.5, 0.6) is 0 Å². The molecule has 134 valence electrons. The van der Waals surface area contributed by atoms with Crippen LogP contribution in [0.25, 0.3) is 0 Å². The van der Waals surface area contributed by atoms with Crippen molar-refractivity contribution in [2.75, 3.05) is 24.5 Å². The van der Waals surface area contributed by atoms with Crippen LogP contribution in [-0.2, 0) is 11.2 Å². The molecule has 0 aliphatic carbocycles. The Hall–Kier alpha value is -2.84. The predicted octanol–water partition coefficient (Wildman–Crippen LogP) is 1.56. The van der Waals surface area contributed by atoms with Crippen LogP contribution in [-0.4, -0.2) is 47.5 Å². The molecule has 1 aromatic heterocycles. The van der Waals surface area contributed by atoms with E-state index in [9.17, 15) is 20.1 Å². The fourth-order valence-corrected chi connectivity index (χ4v) is 3.78. The molecule has 3 heterocycles. The number of pyridine rings is 1. The van der Waals surface area contributed by atoms with Crippen molar-refractivity contribution in [3.05, 3.63) is 21.8 Å². The van der Waals surface area contributed by atoms with E-state index in [0.29, 0.717) is 49.3 Å². The molecule has 26 heavy (non-hydrogen) atoms. The number of piperidine rings is 1. The van der Waals surface area contributed by atoms with Crippen molar-refractivity contribution in [2.24, 2.45) is 0 Å². The number of carbonyl (C=O) groups excluding carboxylic acids is 2. The lowest BCUT2D eigenvalue weighted by Crippen LogP contribution is -2.48. The fourth-order valence-electron chi connectivity index (χ4n) is 3.54. The number of halogens is 1. The van der Waals surface area contributed by atoms with Crippen molar-refractivity contribution in [2.45, 2.75) is 32.2 Å². The first-order valence-corrected chi connectivity index (χ1v) is 8.77. The van der Waals surface area contributed by atoms with Crippen LogP contribution in [0.2, 0.25) is 5.15 Å². The molecule has 1 N–H and O–H groups in total. The van der Waals surface area contributed by atoms with Crippen LogP contribution in [0.1, 0.15) is 36.5 Å². The van der Waals surface area contributed by atoms with Gasteiger partial charge in [-0.15, -0.1) is 0 Å². The Morgan fingerprint density at radius 3 is 2.38 bits per heavy atom. The van der Waals surface area contributed by atoms with Gasteiger partial charge in [0.25, 0.3) is 0 Å². The van der Waals surface area contributed by atoms with Crippen molar-refractivity contribution in [3.63, 3.8) is 0 Å². The first-order valence-electron chi connectivity index (χ1n) is 8.39. The lowest BCUT2D eigenvalue weighted by atomic mass is 9.99. The first kappa shape index (κ1) is 18.0. The van der Waals surface area contributed by atoms with Crippen LogP contribution in [0.3, 0.4) is 0 Å². The molecule has 2 saturated heterocycles. The molecule has 9 heteroatoms. The van der Waals surface area contributed by atoms with Crippen LogP contribution in [0.4, 0.5) is 10.6 Å². The van der Waals surface area contributed by atoms with Crippen molar-refractivity contribution < 1.29 is 9.59 Å². The highest BCUT2D eigenvalue weighted by Crippen LogP contribution is 2.31. The summed E-state index contributed by atoms with van der Waals surface area (Å²) in [5, 5.41) is 21.5. The van der Waals surface area contributed by atoms with Gasteiger partial charge in [0.05, 0.1) is 17.7 Å². The average molecular weight is 373 g/mol. The maximum Gasteiger partial charge on any atom is 0.324 e. The predicted molar refractivity (Wildman–Crippen MR) is 93.5 cm³/mol. The zero-order chi connectivity index (χ0) is 18.8. The van der Waals surface area contributed by atoms with E-state index in [0.717, 1.165) is 0 Å². The number of anilines is 1. The molecule has 2 aliphatic heterocycles. The van der Waals surface area contributed by atoms with E-state index in [2.05, 4.69) is 16.4 Å². The second-order valence-electron chi connectivity index (χ2n) is 6.17. The SMILES string of the molecule is CCc1c(C#N)c(Cl)nc(N2CCC(N3C(=O)CNC3=O)CC2)c1C#N. The Bertz CT molecular complexity index is 832. The molecule has 0 atom stereocenters. The third kappa shape index (κ3) is 2.93. The monoisotopic (exact) mass is 372 g/mol. The summed E-state index contributed by atoms with van der Waals surface area (Å²) < 4.78 is 0. The number of nitrogens with zero attached hydrogens (tertiary/aromatic N) is 5. The minimum Gasteiger partial charge on any atom is -0.355 e. The Balaban J connectivity index is 1.85. The Morgan fingerprint density at radius 1 is 1.23 bits per heavy atom. The summed E-state index contributed by atoms with van der Waals surface area (Å²) in [6.45, 7) is 2.98. The van der Waals surface area contributed by atoms with Crippen molar-refractivity contribution in [3.8, 4) is 12.1 Å². The van der Waals surface area contributed by atoms with Gasteiger partial charge in [0.2, 0.25) is 5.91 Å². The number of hydrogen-bond acceptors (Lipinski definition) is 6. The number of amides is 3. The van der Waals surface area contributed by atoms with Gasteiger partial charge >= 0.3 is 6.03 Å². The van der Waals surface area contributed by atoms with E-state index in [4.69, 9.17) is 11.6 Å². The van der Waals surface area contributed by atoms with Crippen molar-refractivity contribution in [1.82, 2.24) is 15.2 Å². The summed E-state index contributed by atoms with van der Waals surface area (Å²) >= 11 is 6.16. The largest absolute Gasteiger partial charge is 0.355 e. The average Bonchev–Trinajstić information content (AvgIpc) is 2.99. The summed E-state index contributed by atoms with van der Waals surface area (Å²) in [5.41, 5.74) is 1.20. The number of nitrogens with one attached hydrogen (secondary N) is 1. The summed E-state index contributed by atoms with van der Waals surface area (Å²) in [6, 6.07) is 3.66. The number of rotatable bonds is 3. The fraction of sp³-hybridized carbons (Fsp3) is 0.471. The summed E-state index contributed by atoms with van der Waals surface area (Å²) in [7, 11) is 0. The number of carbonyl (C=O) groups is 2. The first-order chi connectivity index (χ1) is 12.5. The van der Waals surface area contributed by atoms with Crippen molar-refractivity contribution in [1.29, 1.82) is 10.5 Å². The lowest BCUT2D eigenvalue weighted by Gasteiger charge is -2.36. The molecular weight excluding hydrogens is 356 g/mol. The van der Waals surface area contributed by atoms with Crippen LogP contribution < -0.4 is 10.2 Å². The maximum atomic E-state index is 11.9. The van der Waals surface area contributed by atoms with Crippen LogP contribution in [0.15, 0.2) is 0 Å². The molecule has 0 radical (unpaired) electrons. The third-order valence-electron chi connectivity index (χ3n) is 4.82. The molecule has 3 amide bonds. The van der Waals surface area contributed by atoms with E-state index in [1.165, 1.54) is 4.90 Å². The minimum atomic E-state index is -0.348. The quantitative estimate of drug-likeness (QED) is 0.636. The van der Waals surface area contributed by atoms with E-state index in [-0.39, 0.29) is 35.2 Å². The third-order valence-corrected chi connectivity index (χ3v) is 5.10. The summed E-state index contributed by atoms with van der Waals surface area (Å²) in [5.74, 6) is 0.253. The minimum absolute atomic E-state index is 0.0459. The van der Waals surface area contributed by atoms with E-state index >= 15 is 0 Å². The highest BCUT2D eigenvalue weighted by molar-refractivity contribution is 6.30. The molecular formula is C17H17ClN6O2. The molecule has 0 aromatic carbocycles. The second-order valence-corrected chi connectivity index (χ2v) is 6.53. The van der Waals surface area contributed by atoms with Gasteiger partial charge < -0.3 is 10.2 Å². The smallest absolute Gasteiger partial charge is 0.324 e. The van der Waals surface area contributed by atoms with Gasteiger partial charge in [-0.1, -0.05) is 18.5 Å². The molecule has 1 aromatic rings. The number of imide groups is 1. The molecule has 0 saturated carbocycles. The van der Waals surface area contributed by atoms with Gasteiger partial charge in [0.15, 0.2) is 0 Å². The zero-order valence-electron chi connectivity index (χ0n) is 14.3. The molecule has 0 spiro atoms. The Kier molecular flexibility index (Phi) is 4.97. The normalized spacial score (nSPS) is 17.8. The van der Waals surface area contributed by atoms with E-state index in [1.807, 2.05) is 17.9 Å². The van der Waals surface area contributed by atoms with Crippen LogP contribution >= 0.6 is 11.6 Å². The highest BCUT2D eigenvalue weighted by atomic mass is 35.5. The molecule has 0 unspecified atom stereocenters. The van der Waals surface area contributed by atoms with Gasteiger partial charge in [0, 0.05) is 19.1 Å². The van der Waals surface area contributed by atoms with E-state index in [1.54, 1.807) is 0 Å². The number of aromatic nitrogens is 1. The lowest BCUT2D eigenvalue weighted by molar-refractivity contribution is -0.126. The molecule has 8 nitrogen and oxygen atoms in total. The maximum absolute atomic E-state index is 11.9. The Labute approximate surface area is 155 Å². The number of nitriles is 2. The molecule has 2 aliphatic rings. The van der Waals surface area contributed by atoms with Gasteiger partial charge in [0.1, 0.15) is 23.1 Å².